The van der Waals surface area contributed by atoms with Gasteiger partial charge in [0, 0.05) is 6.54 Å². The van der Waals surface area contributed by atoms with E-state index in [1.165, 1.54) is 7.11 Å². The number of nitrogens with zero attached hydrogens (tertiary/aromatic N) is 1. The molecule has 0 saturated carbocycles. The summed E-state index contributed by atoms with van der Waals surface area (Å²) in [6.07, 6.45) is 1.48. The Kier molecular flexibility index (Phi) is 2.19. The Hall–Kier alpha value is -1.10. The third-order valence-electron chi connectivity index (χ3n) is 2.92. The lowest BCUT2D eigenvalue weighted by Crippen LogP contribution is -2.60. The number of carbonyl (C=O) groups is 2. The molecule has 0 radical (unpaired) electrons. The zero-order valence-electron chi connectivity index (χ0n) is 8.12. The maximum atomic E-state index is 11.6. The number of hydrogen-bond acceptors (Lipinski definition) is 4. The Morgan fingerprint density at radius 3 is 3.14 bits per heavy atom. The van der Waals surface area contributed by atoms with Gasteiger partial charge in [-0.05, 0) is 12.8 Å². The molecule has 2 fully saturated rings. The Labute approximate surface area is 82.0 Å². The summed E-state index contributed by atoms with van der Waals surface area (Å²) in [6, 6.07) is 0. The smallest absolute Gasteiger partial charge is 0.334 e. The number of esters is 1. The van der Waals surface area contributed by atoms with E-state index in [0.29, 0.717) is 13.0 Å². The number of carbonyl (C=O) groups excluding carboxylic acids is 2. The van der Waals surface area contributed by atoms with Crippen LogP contribution in [0.15, 0.2) is 0 Å². The number of ether oxygens (including phenoxy) is 2. The van der Waals surface area contributed by atoms with Gasteiger partial charge in [0.15, 0.2) is 5.54 Å². The van der Waals surface area contributed by atoms with Crippen LogP contribution >= 0.6 is 0 Å². The summed E-state index contributed by atoms with van der Waals surface area (Å²) in [5.74, 6) is -0.470. The van der Waals surface area contributed by atoms with Gasteiger partial charge in [0.2, 0.25) is 5.91 Å². The van der Waals surface area contributed by atoms with Crippen LogP contribution in [0, 0.1) is 0 Å². The minimum Gasteiger partial charge on any atom is -0.467 e. The zero-order chi connectivity index (χ0) is 10.2. The van der Waals surface area contributed by atoms with E-state index in [1.807, 2.05) is 0 Å². The van der Waals surface area contributed by atoms with Crippen LogP contribution in [0.4, 0.5) is 0 Å². The predicted molar refractivity (Wildman–Crippen MR) is 46.5 cm³/mol. The summed E-state index contributed by atoms with van der Waals surface area (Å²) >= 11 is 0. The topological polar surface area (TPSA) is 55.8 Å². The number of amides is 1. The van der Waals surface area contributed by atoms with Crippen molar-refractivity contribution in [1.82, 2.24) is 4.90 Å². The van der Waals surface area contributed by atoms with Crippen LogP contribution in [0.1, 0.15) is 12.8 Å². The molecule has 2 aliphatic rings. The molecule has 0 aromatic rings. The van der Waals surface area contributed by atoms with E-state index in [4.69, 9.17) is 9.47 Å². The van der Waals surface area contributed by atoms with Gasteiger partial charge in [-0.1, -0.05) is 0 Å². The highest BCUT2D eigenvalue weighted by Crippen LogP contribution is 2.33. The molecule has 14 heavy (non-hydrogen) atoms. The Morgan fingerprint density at radius 1 is 1.64 bits per heavy atom. The van der Waals surface area contributed by atoms with Gasteiger partial charge < -0.3 is 14.4 Å². The molecule has 1 unspecified atom stereocenters. The summed E-state index contributed by atoms with van der Waals surface area (Å²) < 4.78 is 9.86. The van der Waals surface area contributed by atoms with E-state index in [9.17, 15) is 9.59 Å². The number of methoxy groups -OCH3 is 1. The summed E-state index contributed by atoms with van der Waals surface area (Å²) in [5.41, 5.74) is -0.829. The Morgan fingerprint density at radius 2 is 2.43 bits per heavy atom. The monoisotopic (exact) mass is 199 g/mol. The lowest BCUT2D eigenvalue weighted by atomic mass is 9.96. The number of fused-ring (bicyclic) bond motifs is 1. The molecule has 1 atom stereocenters. The molecule has 5 heteroatoms. The van der Waals surface area contributed by atoms with Crippen LogP contribution < -0.4 is 0 Å². The normalized spacial score (nSPS) is 31.5. The van der Waals surface area contributed by atoms with Crippen LogP contribution in [0.5, 0.6) is 0 Å². The minimum absolute atomic E-state index is 0.0821. The number of morpholine rings is 1. The van der Waals surface area contributed by atoms with Gasteiger partial charge in [-0.15, -0.1) is 0 Å². The average Bonchev–Trinajstić information content (AvgIpc) is 2.63. The second-order valence-corrected chi connectivity index (χ2v) is 3.66. The van der Waals surface area contributed by atoms with Crippen LogP contribution in [-0.4, -0.2) is 49.2 Å². The average molecular weight is 199 g/mol. The molecular weight excluding hydrogens is 186 g/mol. The fourth-order valence-corrected chi connectivity index (χ4v) is 2.24. The van der Waals surface area contributed by atoms with Crippen molar-refractivity contribution >= 4 is 11.9 Å². The number of hydrogen-bond donors (Lipinski definition) is 0. The SMILES string of the molecule is COC(=O)C12CCCN1C(=O)COC2. The molecule has 0 aliphatic carbocycles. The molecule has 2 heterocycles. The lowest BCUT2D eigenvalue weighted by Gasteiger charge is -2.38. The lowest BCUT2D eigenvalue weighted by molar-refractivity contribution is -0.173. The van der Waals surface area contributed by atoms with Crippen molar-refractivity contribution in [1.29, 1.82) is 0 Å². The maximum absolute atomic E-state index is 11.6. The first-order valence-electron chi connectivity index (χ1n) is 4.67. The third-order valence-corrected chi connectivity index (χ3v) is 2.92. The molecule has 0 N–H and O–H groups in total. The molecule has 0 aromatic heterocycles. The van der Waals surface area contributed by atoms with Crippen LogP contribution in [-0.2, 0) is 19.1 Å². The van der Waals surface area contributed by atoms with Crippen molar-refractivity contribution in [2.45, 2.75) is 18.4 Å². The van der Waals surface area contributed by atoms with Gasteiger partial charge in [0.25, 0.3) is 0 Å². The molecule has 78 valence electrons. The van der Waals surface area contributed by atoms with Gasteiger partial charge in [-0.25, -0.2) is 4.79 Å². The highest BCUT2D eigenvalue weighted by molar-refractivity contribution is 5.90. The summed E-state index contributed by atoms with van der Waals surface area (Å²) in [5, 5.41) is 0. The van der Waals surface area contributed by atoms with Crippen molar-refractivity contribution in [3.63, 3.8) is 0 Å². The molecule has 5 nitrogen and oxygen atoms in total. The first kappa shape index (κ1) is 9.45. The summed E-state index contributed by atoms with van der Waals surface area (Å²) in [4.78, 5) is 24.7. The first-order chi connectivity index (χ1) is 6.70. The largest absolute Gasteiger partial charge is 0.467 e. The highest BCUT2D eigenvalue weighted by Gasteiger charge is 2.53. The van der Waals surface area contributed by atoms with Crippen molar-refractivity contribution < 1.29 is 19.1 Å². The standard InChI is InChI=1S/C9H13NO4/c1-13-8(12)9-3-2-4-10(9)7(11)5-14-6-9/h2-6H2,1H3. The van der Waals surface area contributed by atoms with Gasteiger partial charge in [0.1, 0.15) is 6.61 Å². The van der Waals surface area contributed by atoms with Gasteiger partial charge in [-0.2, -0.15) is 0 Å². The van der Waals surface area contributed by atoms with Gasteiger partial charge in [0.05, 0.1) is 13.7 Å². The van der Waals surface area contributed by atoms with E-state index in [0.717, 1.165) is 6.42 Å². The second-order valence-electron chi connectivity index (χ2n) is 3.66. The van der Waals surface area contributed by atoms with Crippen LogP contribution in [0.25, 0.3) is 0 Å². The van der Waals surface area contributed by atoms with Gasteiger partial charge >= 0.3 is 5.97 Å². The highest BCUT2D eigenvalue weighted by atomic mass is 16.5. The fraction of sp³-hybridized carbons (Fsp3) is 0.778. The zero-order valence-corrected chi connectivity index (χ0v) is 8.12. The summed E-state index contributed by atoms with van der Waals surface area (Å²) in [6.45, 7) is 0.988. The fourth-order valence-electron chi connectivity index (χ4n) is 2.24. The minimum atomic E-state index is -0.829. The van der Waals surface area contributed by atoms with E-state index < -0.39 is 5.54 Å². The molecule has 0 aromatic carbocycles. The van der Waals surface area contributed by atoms with Crippen molar-refractivity contribution in [3.8, 4) is 0 Å². The predicted octanol–water partition coefficient (Wildman–Crippen LogP) is -0.449. The Balaban J connectivity index is 2.29. The number of rotatable bonds is 1. The van der Waals surface area contributed by atoms with Crippen molar-refractivity contribution in [2.75, 3.05) is 26.9 Å². The van der Waals surface area contributed by atoms with Crippen LogP contribution in [0.2, 0.25) is 0 Å². The van der Waals surface area contributed by atoms with E-state index in [-0.39, 0.29) is 25.1 Å². The maximum Gasteiger partial charge on any atom is 0.334 e. The van der Waals surface area contributed by atoms with E-state index in [2.05, 4.69) is 0 Å². The summed E-state index contributed by atoms with van der Waals surface area (Å²) in [7, 11) is 1.34. The Bertz CT molecular complexity index is 278. The van der Waals surface area contributed by atoms with Crippen molar-refractivity contribution in [2.24, 2.45) is 0 Å². The molecule has 2 aliphatic heterocycles. The molecule has 2 rings (SSSR count). The van der Waals surface area contributed by atoms with Gasteiger partial charge in [-0.3, -0.25) is 4.79 Å². The quantitative estimate of drug-likeness (QED) is 0.537. The molecular formula is C9H13NO4. The van der Waals surface area contributed by atoms with Crippen LogP contribution in [0.3, 0.4) is 0 Å². The van der Waals surface area contributed by atoms with E-state index >= 15 is 0 Å². The molecule has 0 spiro atoms. The molecule has 1 amide bonds. The molecule has 0 bridgehead atoms. The third kappa shape index (κ3) is 1.12. The molecule has 2 saturated heterocycles. The van der Waals surface area contributed by atoms with Crippen molar-refractivity contribution in [3.05, 3.63) is 0 Å². The second kappa shape index (κ2) is 3.24. The van der Waals surface area contributed by atoms with E-state index in [1.54, 1.807) is 4.90 Å². The first-order valence-corrected chi connectivity index (χ1v) is 4.67.